The van der Waals surface area contributed by atoms with E-state index in [1.165, 1.54) is 16.5 Å². The summed E-state index contributed by atoms with van der Waals surface area (Å²) >= 11 is 0. The minimum Gasteiger partial charge on any atom is -0.361 e. The van der Waals surface area contributed by atoms with Crippen molar-refractivity contribution in [2.24, 2.45) is 5.92 Å². The second-order valence-electron chi connectivity index (χ2n) is 10.9. The zero-order valence-corrected chi connectivity index (χ0v) is 23.5. The lowest BCUT2D eigenvalue weighted by molar-refractivity contribution is -0.132. The number of carbonyl (C=O) groups excluding carboxylic acids is 2. The van der Waals surface area contributed by atoms with E-state index in [0.717, 1.165) is 23.2 Å². The lowest BCUT2D eigenvalue weighted by atomic mass is 10.0. The van der Waals surface area contributed by atoms with E-state index in [1.54, 1.807) is 4.90 Å². The van der Waals surface area contributed by atoms with Crippen LogP contribution in [0.1, 0.15) is 50.3 Å². The number of rotatable bonds is 11. The highest BCUT2D eigenvalue weighted by Gasteiger charge is 2.23. The predicted molar refractivity (Wildman–Crippen MR) is 160 cm³/mol. The van der Waals surface area contributed by atoms with Crippen LogP contribution in [0.5, 0.6) is 0 Å². The van der Waals surface area contributed by atoms with Gasteiger partial charge >= 0.3 is 6.03 Å². The number of carbonyl (C=O) groups is 2. The number of nitrogens with zero attached hydrogens (tertiary/aromatic N) is 2. The summed E-state index contributed by atoms with van der Waals surface area (Å²) in [6.45, 7) is 9.96. The molecule has 39 heavy (non-hydrogen) atoms. The van der Waals surface area contributed by atoms with Gasteiger partial charge in [0.25, 0.3) is 0 Å². The van der Waals surface area contributed by atoms with Gasteiger partial charge in [0.1, 0.15) is 6.54 Å². The number of para-hydroxylation sites is 1. The molecule has 0 atom stereocenters. The minimum absolute atomic E-state index is 0.0226. The fourth-order valence-electron chi connectivity index (χ4n) is 4.77. The molecule has 4 aromatic rings. The molecule has 0 aliphatic rings. The van der Waals surface area contributed by atoms with Gasteiger partial charge in [-0.3, -0.25) is 4.79 Å². The molecule has 204 valence electrons. The summed E-state index contributed by atoms with van der Waals surface area (Å²) in [5, 5.41) is 4.17. The number of aromatic nitrogens is 1. The van der Waals surface area contributed by atoms with Crippen LogP contribution in [0.3, 0.4) is 0 Å². The molecule has 0 saturated carbocycles. The van der Waals surface area contributed by atoms with Gasteiger partial charge in [0.05, 0.1) is 0 Å². The monoisotopic (exact) mass is 524 g/mol. The Morgan fingerprint density at radius 2 is 1.54 bits per heavy atom. The molecule has 1 aromatic heterocycles. The fraction of sp³-hybridized carbons (Fsp3) is 0.333. The predicted octanol–water partition coefficient (Wildman–Crippen LogP) is 7.05. The van der Waals surface area contributed by atoms with Crippen molar-refractivity contribution in [3.8, 4) is 0 Å². The third kappa shape index (κ3) is 7.73. The molecule has 1 heterocycles. The number of amides is 3. The van der Waals surface area contributed by atoms with E-state index in [2.05, 4.69) is 50.1 Å². The Kier molecular flexibility index (Phi) is 9.42. The maximum absolute atomic E-state index is 13.7. The SMILES string of the molecule is CC(C)CN(CC(=O)N(CCc1c[nH]c2ccccc12)Cc1ccccc1)C(=O)Nc1ccc(C(C)C)cc1. The Hall–Kier alpha value is -4.06. The Balaban J connectivity index is 1.49. The zero-order valence-electron chi connectivity index (χ0n) is 23.5. The van der Waals surface area contributed by atoms with Crippen LogP contribution in [0.15, 0.2) is 85.1 Å². The first-order valence-electron chi connectivity index (χ1n) is 13.8. The first-order valence-corrected chi connectivity index (χ1v) is 13.8. The third-order valence-corrected chi connectivity index (χ3v) is 6.92. The van der Waals surface area contributed by atoms with Crippen LogP contribution in [0.4, 0.5) is 10.5 Å². The molecule has 3 aromatic carbocycles. The summed E-state index contributed by atoms with van der Waals surface area (Å²) in [5.74, 6) is 0.579. The van der Waals surface area contributed by atoms with Crippen molar-refractivity contribution in [1.82, 2.24) is 14.8 Å². The van der Waals surface area contributed by atoms with Crippen LogP contribution in [-0.2, 0) is 17.8 Å². The highest BCUT2D eigenvalue weighted by Crippen LogP contribution is 2.20. The highest BCUT2D eigenvalue weighted by atomic mass is 16.2. The molecular formula is C33H40N4O2. The molecule has 3 amide bonds. The maximum Gasteiger partial charge on any atom is 0.322 e. The van der Waals surface area contributed by atoms with E-state index in [4.69, 9.17) is 0 Å². The Bertz CT molecular complexity index is 1360. The first-order chi connectivity index (χ1) is 18.8. The van der Waals surface area contributed by atoms with Crippen LogP contribution in [0.25, 0.3) is 10.9 Å². The van der Waals surface area contributed by atoms with E-state index in [9.17, 15) is 9.59 Å². The van der Waals surface area contributed by atoms with Gasteiger partial charge in [-0.1, -0.05) is 88.4 Å². The number of nitrogens with one attached hydrogen (secondary N) is 2. The van der Waals surface area contributed by atoms with Crippen molar-refractivity contribution < 1.29 is 9.59 Å². The molecule has 0 unspecified atom stereocenters. The standard InChI is InChI=1S/C33H40N4O2/c1-24(2)21-37(33(39)35-29-16-14-27(15-17-29)25(3)4)23-32(38)36(22-26-10-6-5-7-11-26)19-18-28-20-34-31-13-9-8-12-30(28)31/h5-17,20,24-25,34H,18-19,21-23H2,1-4H3,(H,35,39). The molecule has 0 saturated heterocycles. The number of anilines is 1. The average molecular weight is 525 g/mol. The summed E-state index contributed by atoms with van der Waals surface area (Å²) in [6.07, 6.45) is 2.75. The summed E-state index contributed by atoms with van der Waals surface area (Å²) in [4.78, 5) is 33.9. The molecule has 0 radical (unpaired) electrons. The molecular weight excluding hydrogens is 484 g/mol. The number of H-pyrrole nitrogens is 1. The van der Waals surface area contributed by atoms with E-state index < -0.39 is 0 Å². The van der Waals surface area contributed by atoms with Gasteiger partial charge in [-0.25, -0.2) is 4.79 Å². The molecule has 0 fully saturated rings. The molecule has 4 rings (SSSR count). The second-order valence-corrected chi connectivity index (χ2v) is 10.9. The van der Waals surface area contributed by atoms with E-state index in [-0.39, 0.29) is 24.4 Å². The van der Waals surface area contributed by atoms with Crippen molar-refractivity contribution in [3.05, 3.63) is 102 Å². The molecule has 0 spiro atoms. The van der Waals surface area contributed by atoms with Crippen molar-refractivity contribution in [2.75, 3.05) is 25.0 Å². The maximum atomic E-state index is 13.7. The molecule has 6 nitrogen and oxygen atoms in total. The van der Waals surface area contributed by atoms with Crippen molar-refractivity contribution in [3.63, 3.8) is 0 Å². The second kappa shape index (κ2) is 13.1. The van der Waals surface area contributed by atoms with Gasteiger partial charge < -0.3 is 20.1 Å². The van der Waals surface area contributed by atoms with Crippen molar-refractivity contribution in [1.29, 1.82) is 0 Å². The smallest absolute Gasteiger partial charge is 0.322 e. The third-order valence-electron chi connectivity index (χ3n) is 6.92. The molecule has 0 aliphatic carbocycles. The molecule has 0 bridgehead atoms. The van der Waals surface area contributed by atoms with Crippen LogP contribution in [-0.4, -0.2) is 46.4 Å². The van der Waals surface area contributed by atoms with Crippen LogP contribution < -0.4 is 5.32 Å². The Morgan fingerprint density at radius 1 is 0.846 bits per heavy atom. The summed E-state index contributed by atoms with van der Waals surface area (Å²) in [5.41, 5.74) is 5.28. The summed E-state index contributed by atoms with van der Waals surface area (Å²) in [7, 11) is 0. The van der Waals surface area contributed by atoms with Crippen molar-refractivity contribution in [2.45, 2.75) is 46.6 Å². The number of fused-ring (bicyclic) bond motifs is 1. The highest BCUT2D eigenvalue weighted by molar-refractivity contribution is 5.92. The van der Waals surface area contributed by atoms with E-state index in [1.807, 2.05) is 77.8 Å². The quantitative estimate of drug-likeness (QED) is 0.221. The normalized spacial score (nSPS) is 11.2. The molecule has 6 heteroatoms. The first kappa shape index (κ1) is 28.0. The number of benzene rings is 3. The van der Waals surface area contributed by atoms with Crippen molar-refractivity contribution >= 4 is 28.5 Å². The van der Waals surface area contributed by atoms with Crippen LogP contribution >= 0.6 is 0 Å². The van der Waals surface area contributed by atoms with Gasteiger partial charge in [0, 0.05) is 42.4 Å². The minimum atomic E-state index is -0.259. The summed E-state index contributed by atoms with van der Waals surface area (Å²) < 4.78 is 0. The zero-order chi connectivity index (χ0) is 27.8. The summed E-state index contributed by atoms with van der Waals surface area (Å²) in [6, 6.07) is 25.9. The lowest BCUT2D eigenvalue weighted by Gasteiger charge is -2.29. The molecule has 2 N–H and O–H groups in total. The Morgan fingerprint density at radius 3 is 2.23 bits per heavy atom. The fourth-order valence-corrected chi connectivity index (χ4v) is 4.77. The van der Waals surface area contributed by atoms with Crippen LogP contribution in [0, 0.1) is 5.92 Å². The Labute approximate surface area is 232 Å². The van der Waals surface area contributed by atoms with Gasteiger partial charge in [0.15, 0.2) is 0 Å². The van der Waals surface area contributed by atoms with Gasteiger partial charge in [0.2, 0.25) is 5.91 Å². The van der Waals surface area contributed by atoms with Gasteiger partial charge in [-0.2, -0.15) is 0 Å². The van der Waals surface area contributed by atoms with Gasteiger partial charge in [-0.05, 0) is 53.1 Å². The van der Waals surface area contributed by atoms with Gasteiger partial charge in [-0.15, -0.1) is 0 Å². The lowest BCUT2D eigenvalue weighted by Crippen LogP contribution is -2.46. The van der Waals surface area contributed by atoms with E-state index >= 15 is 0 Å². The molecule has 0 aliphatic heterocycles. The van der Waals surface area contributed by atoms with E-state index in [0.29, 0.717) is 25.6 Å². The number of hydrogen-bond donors (Lipinski definition) is 2. The number of hydrogen-bond acceptors (Lipinski definition) is 2. The average Bonchev–Trinajstić information content (AvgIpc) is 3.34. The largest absolute Gasteiger partial charge is 0.361 e. The van der Waals surface area contributed by atoms with Crippen LogP contribution in [0.2, 0.25) is 0 Å². The number of aromatic amines is 1. The topological polar surface area (TPSA) is 68.4 Å². The number of urea groups is 1.